The monoisotopic (exact) mass is 278 g/mol. The molecule has 2 N–H and O–H groups in total. The number of likely N-dealkylation sites (tertiary alicyclic amines) is 1. The number of alkyl halides is 2. The quantitative estimate of drug-likeness (QED) is 0.790. The minimum absolute atomic E-state index is 0.0454. The Kier molecular flexibility index (Phi) is 3.70. The number of nitrogens with zero attached hydrogens (tertiary/aromatic N) is 1. The molecular weight excluding hydrogens is 258 g/mol. The van der Waals surface area contributed by atoms with Crippen LogP contribution in [0.25, 0.3) is 0 Å². The normalized spacial score (nSPS) is 31.9. The Morgan fingerprint density at radius 2 is 2.11 bits per heavy atom. The molecule has 0 radical (unpaired) electrons. The molecule has 0 saturated carbocycles. The first-order valence-corrected chi connectivity index (χ1v) is 6.41. The Morgan fingerprint density at radius 3 is 2.58 bits per heavy atom. The van der Waals surface area contributed by atoms with E-state index in [1.54, 1.807) is 20.8 Å². The van der Waals surface area contributed by atoms with E-state index in [-0.39, 0.29) is 6.04 Å². The van der Waals surface area contributed by atoms with E-state index in [1.807, 2.05) is 0 Å². The van der Waals surface area contributed by atoms with Crippen LogP contribution in [0.1, 0.15) is 27.2 Å². The molecule has 0 aromatic rings. The number of ether oxygens (including phenoxy) is 1. The first kappa shape index (κ1) is 14.5. The Bertz CT molecular complexity index is 359. The highest BCUT2D eigenvalue weighted by molar-refractivity contribution is 5.69. The van der Waals surface area contributed by atoms with Gasteiger partial charge in [0.15, 0.2) is 0 Å². The predicted octanol–water partition coefficient (Wildman–Crippen LogP) is 0.962. The average Bonchev–Trinajstić information content (AvgIpc) is 2.84. The van der Waals surface area contributed by atoms with Crippen molar-refractivity contribution in [1.29, 1.82) is 0 Å². The minimum Gasteiger partial charge on any atom is -0.444 e. The zero-order chi connectivity index (χ0) is 14.4. The van der Waals surface area contributed by atoms with Gasteiger partial charge in [0.05, 0.1) is 12.1 Å². The zero-order valence-electron chi connectivity index (χ0n) is 11.3. The van der Waals surface area contributed by atoms with Crippen molar-refractivity contribution in [3.05, 3.63) is 0 Å². The summed E-state index contributed by atoms with van der Waals surface area (Å²) in [6.07, 6.45) is -4.52. The molecule has 4 atom stereocenters. The van der Waals surface area contributed by atoms with Crippen LogP contribution in [0.2, 0.25) is 0 Å². The van der Waals surface area contributed by atoms with Crippen molar-refractivity contribution in [3.8, 4) is 0 Å². The molecule has 19 heavy (non-hydrogen) atoms. The second-order valence-electron chi connectivity index (χ2n) is 6.15. The van der Waals surface area contributed by atoms with Crippen LogP contribution < -0.4 is 5.32 Å². The summed E-state index contributed by atoms with van der Waals surface area (Å²) in [4.78, 5) is 13.4. The van der Waals surface area contributed by atoms with E-state index in [4.69, 9.17) is 4.74 Å². The smallest absolute Gasteiger partial charge is 0.410 e. The number of hydrogen-bond acceptors (Lipinski definition) is 4. The molecule has 2 saturated heterocycles. The lowest BCUT2D eigenvalue weighted by Crippen LogP contribution is -2.59. The zero-order valence-corrected chi connectivity index (χ0v) is 11.3. The fourth-order valence-corrected chi connectivity index (χ4v) is 2.72. The maximum absolute atomic E-state index is 12.6. The third-order valence-corrected chi connectivity index (χ3v) is 3.44. The van der Waals surface area contributed by atoms with Gasteiger partial charge in [0.25, 0.3) is 6.43 Å². The lowest BCUT2D eigenvalue weighted by atomic mass is 10.0. The maximum Gasteiger partial charge on any atom is 0.410 e. The number of halogens is 2. The molecule has 2 aliphatic heterocycles. The van der Waals surface area contributed by atoms with Crippen molar-refractivity contribution >= 4 is 6.09 Å². The largest absolute Gasteiger partial charge is 0.444 e. The standard InChI is InChI=1S/C12H20F2N2O3/c1-12(2,3)19-11(18)16-5-6-4-7(16)8(15-6)9(17)10(13)14/h6-10,15,17H,4-5H2,1-3H3/t6-,7-,8?,9?/m0/s1. The van der Waals surface area contributed by atoms with Gasteiger partial charge in [-0.3, -0.25) is 0 Å². The highest BCUT2D eigenvalue weighted by Crippen LogP contribution is 2.32. The molecule has 2 fully saturated rings. The van der Waals surface area contributed by atoms with Crippen LogP contribution in [0.15, 0.2) is 0 Å². The van der Waals surface area contributed by atoms with E-state index in [1.165, 1.54) is 4.90 Å². The van der Waals surface area contributed by atoms with Gasteiger partial charge in [-0.05, 0) is 27.2 Å². The fraction of sp³-hybridized carbons (Fsp3) is 0.917. The number of hydrogen-bond donors (Lipinski definition) is 2. The van der Waals surface area contributed by atoms with Gasteiger partial charge in [0, 0.05) is 12.6 Å². The van der Waals surface area contributed by atoms with Gasteiger partial charge in [-0.1, -0.05) is 0 Å². The van der Waals surface area contributed by atoms with Crippen molar-refractivity contribution in [2.24, 2.45) is 0 Å². The Labute approximate surface area is 110 Å². The lowest BCUT2D eigenvalue weighted by Gasteiger charge is -2.36. The molecule has 2 unspecified atom stereocenters. The van der Waals surface area contributed by atoms with Crippen molar-refractivity contribution < 1.29 is 23.4 Å². The first-order chi connectivity index (χ1) is 8.69. The van der Waals surface area contributed by atoms with Gasteiger partial charge in [0.2, 0.25) is 0 Å². The summed E-state index contributed by atoms with van der Waals surface area (Å²) >= 11 is 0. The molecule has 1 amide bonds. The number of aliphatic hydroxyl groups is 1. The SMILES string of the molecule is CC(C)(C)OC(=O)N1C[C@@H]2C[C@H]1C(C(O)C(F)F)N2. The van der Waals surface area contributed by atoms with Gasteiger partial charge < -0.3 is 20.1 Å². The van der Waals surface area contributed by atoms with Crippen LogP contribution in [-0.2, 0) is 4.74 Å². The minimum atomic E-state index is -2.82. The van der Waals surface area contributed by atoms with Gasteiger partial charge in [-0.2, -0.15) is 0 Å². The van der Waals surface area contributed by atoms with E-state index in [0.717, 1.165) is 0 Å². The molecule has 5 nitrogen and oxygen atoms in total. The molecule has 110 valence electrons. The van der Waals surface area contributed by atoms with Crippen LogP contribution in [-0.4, -0.2) is 58.9 Å². The molecule has 2 heterocycles. The number of aliphatic hydroxyl groups excluding tert-OH is 1. The molecule has 7 heteroatoms. The second kappa shape index (κ2) is 4.86. The van der Waals surface area contributed by atoms with E-state index in [0.29, 0.717) is 13.0 Å². The molecule has 0 aromatic carbocycles. The lowest BCUT2D eigenvalue weighted by molar-refractivity contribution is -0.0456. The summed E-state index contributed by atoms with van der Waals surface area (Å²) in [6.45, 7) is 5.70. The summed E-state index contributed by atoms with van der Waals surface area (Å²) in [5.74, 6) is 0. The highest BCUT2D eigenvalue weighted by atomic mass is 19.3. The number of carbonyl (C=O) groups is 1. The van der Waals surface area contributed by atoms with Crippen molar-refractivity contribution in [1.82, 2.24) is 10.2 Å². The topological polar surface area (TPSA) is 61.8 Å². The molecular formula is C12H20F2N2O3. The van der Waals surface area contributed by atoms with Crippen molar-refractivity contribution in [2.45, 2.75) is 63.4 Å². The second-order valence-corrected chi connectivity index (χ2v) is 6.15. The Balaban J connectivity index is 2.03. The van der Waals surface area contributed by atoms with Gasteiger partial charge in [0.1, 0.15) is 11.7 Å². The fourth-order valence-electron chi connectivity index (χ4n) is 2.72. The van der Waals surface area contributed by atoms with Crippen molar-refractivity contribution in [3.63, 3.8) is 0 Å². The number of piperazine rings is 1. The number of fused-ring (bicyclic) bond motifs is 2. The maximum atomic E-state index is 12.6. The van der Waals surface area contributed by atoms with E-state index in [2.05, 4.69) is 5.32 Å². The van der Waals surface area contributed by atoms with Crippen LogP contribution in [0.4, 0.5) is 13.6 Å². The van der Waals surface area contributed by atoms with E-state index < -0.39 is 36.3 Å². The van der Waals surface area contributed by atoms with Crippen LogP contribution >= 0.6 is 0 Å². The van der Waals surface area contributed by atoms with E-state index >= 15 is 0 Å². The van der Waals surface area contributed by atoms with Crippen LogP contribution in [0, 0.1) is 0 Å². The summed E-state index contributed by atoms with van der Waals surface area (Å²) in [7, 11) is 0. The predicted molar refractivity (Wildman–Crippen MR) is 64.1 cm³/mol. The van der Waals surface area contributed by atoms with Gasteiger partial charge >= 0.3 is 6.09 Å². The van der Waals surface area contributed by atoms with Crippen LogP contribution in [0.3, 0.4) is 0 Å². The molecule has 0 aromatic heterocycles. The summed E-state index contributed by atoms with van der Waals surface area (Å²) in [5, 5.41) is 12.4. The summed E-state index contributed by atoms with van der Waals surface area (Å²) in [5.41, 5.74) is -0.622. The highest BCUT2D eigenvalue weighted by Gasteiger charge is 2.51. The van der Waals surface area contributed by atoms with Gasteiger partial charge in [-0.25, -0.2) is 13.6 Å². The molecule has 2 bridgehead atoms. The average molecular weight is 278 g/mol. The van der Waals surface area contributed by atoms with Gasteiger partial charge in [-0.15, -0.1) is 0 Å². The molecule has 0 aliphatic carbocycles. The van der Waals surface area contributed by atoms with Crippen molar-refractivity contribution in [2.75, 3.05) is 6.54 Å². The number of nitrogens with one attached hydrogen (secondary N) is 1. The number of amides is 1. The summed E-state index contributed by atoms with van der Waals surface area (Å²) < 4.78 is 30.4. The molecule has 2 rings (SSSR count). The van der Waals surface area contributed by atoms with Crippen LogP contribution in [0.5, 0.6) is 0 Å². The number of carbonyl (C=O) groups excluding carboxylic acids is 1. The number of rotatable bonds is 2. The first-order valence-electron chi connectivity index (χ1n) is 6.41. The Hall–Kier alpha value is -0.950. The third-order valence-electron chi connectivity index (χ3n) is 3.44. The molecule has 2 aliphatic rings. The Morgan fingerprint density at radius 1 is 1.47 bits per heavy atom. The van der Waals surface area contributed by atoms with E-state index in [9.17, 15) is 18.7 Å². The third kappa shape index (κ3) is 2.97. The molecule has 0 spiro atoms. The summed E-state index contributed by atoms with van der Waals surface area (Å²) in [6, 6.07) is -1.26.